The van der Waals surface area contributed by atoms with E-state index in [2.05, 4.69) is 33.3 Å². The molecule has 4 heterocycles. The van der Waals surface area contributed by atoms with E-state index >= 15 is 0 Å². The fraction of sp³-hybridized carbons (Fsp3) is 0.386. The molecule has 8 rings (SSSR count). The molecule has 0 spiro atoms. The molecule has 56 heavy (non-hydrogen) atoms. The predicted octanol–water partition coefficient (Wildman–Crippen LogP) is 5.98. The standard InChI is InChI=1S/C44H47FN4O7/c1-54-40-24-29(7-14-37(40)45)36-27-56-39-25-32(50)9-13-35(39)42(36)28-5-10-33(11-6-28)55-22-4-2-3-17-47-18-20-48(21-19-47)31-8-12-34-30(23-31)26-49(44(34)53)38-15-16-41(51)46-43(38)52/h5-14,23-25,36,38,42,50H,2-4,15-22,26-27H2,1H3,(H,46,51,52)/t36?,38?,42-/m1/s1. The molecule has 4 aliphatic rings. The molecule has 2 saturated heterocycles. The number of carbonyl (C=O) groups is 3. The summed E-state index contributed by atoms with van der Waals surface area (Å²) in [7, 11) is 1.46. The Morgan fingerprint density at radius 3 is 2.48 bits per heavy atom. The Labute approximate surface area is 325 Å². The minimum atomic E-state index is -0.604. The van der Waals surface area contributed by atoms with Crippen molar-refractivity contribution in [3.63, 3.8) is 0 Å². The van der Waals surface area contributed by atoms with Gasteiger partial charge < -0.3 is 29.1 Å². The quantitative estimate of drug-likeness (QED) is 0.133. The van der Waals surface area contributed by atoms with Crippen LogP contribution in [0.2, 0.25) is 0 Å². The zero-order valence-electron chi connectivity index (χ0n) is 31.5. The summed E-state index contributed by atoms with van der Waals surface area (Å²) in [6, 6.07) is 23.7. The summed E-state index contributed by atoms with van der Waals surface area (Å²) >= 11 is 0. The van der Waals surface area contributed by atoms with Crippen molar-refractivity contribution in [1.29, 1.82) is 0 Å². The number of phenols is 1. The number of rotatable bonds is 12. The number of anilines is 1. The van der Waals surface area contributed by atoms with Crippen molar-refractivity contribution in [3.8, 4) is 23.0 Å². The van der Waals surface area contributed by atoms with E-state index in [-0.39, 0.29) is 47.5 Å². The van der Waals surface area contributed by atoms with Crippen LogP contribution in [0.5, 0.6) is 23.0 Å². The number of fused-ring (bicyclic) bond motifs is 2. The maximum absolute atomic E-state index is 14.3. The number of ether oxygens (including phenoxy) is 3. The second kappa shape index (κ2) is 16.2. The van der Waals surface area contributed by atoms with Crippen molar-refractivity contribution in [2.75, 3.05) is 57.9 Å². The van der Waals surface area contributed by atoms with Crippen LogP contribution in [0.25, 0.3) is 0 Å². The smallest absolute Gasteiger partial charge is 0.255 e. The Kier molecular flexibility index (Phi) is 10.8. The van der Waals surface area contributed by atoms with Crippen LogP contribution in [0.1, 0.15) is 76.6 Å². The second-order valence-corrected chi connectivity index (χ2v) is 15.1. The lowest BCUT2D eigenvalue weighted by molar-refractivity contribution is -0.136. The molecule has 0 saturated carbocycles. The van der Waals surface area contributed by atoms with Crippen LogP contribution in [-0.2, 0) is 16.1 Å². The number of amides is 3. The van der Waals surface area contributed by atoms with E-state index in [1.807, 2.05) is 30.3 Å². The van der Waals surface area contributed by atoms with Gasteiger partial charge in [0.05, 0.1) is 20.3 Å². The SMILES string of the molecule is COc1cc(C2COc3cc(O)ccc3[C@H]2c2ccc(OCCCCCN3CCN(c4ccc5c(c4)CN(C4CCC(=O)NC4=O)C5=O)CC3)cc2)ccc1F. The van der Waals surface area contributed by atoms with Gasteiger partial charge in [0, 0.05) is 73.9 Å². The fourth-order valence-electron chi connectivity index (χ4n) is 8.57. The van der Waals surface area contributed by atoms with E-state index in [1.165, 1.54) is 13.2 Å². The molecular weight excluding hydrogens is 716 g/mol. The second-order valence-electron chi connectivity index (χ2n) is 15.1. The minimum Gasteiger partial charge on any atom is -0.508 e. The zero-order valence-corrected chi connectivity index (χ0v) is 31.5. The Morgan fingerprint density at radius 2 is 1.70 bits per heavy atom. The largest absolute Gasteiger partial charge is 0.508 e. The molecule has 4 aliphatic heterocycles. The number of nitrogens with zero attached hydrogens (tertiary/aromatic N) is 3. The van der Waals surface area contributed by atoms with Crippen molar-refractivity contribution in [2.24, 2.45) is 0 Å². The number of unbranched alkanes of at least 4 members (excludes halogenated alkanes) is 2. The summed E-state index contributed by atoms with van der Waals surface area (Å²) in [5, 5.41) is 12.5. The van der Waals surface area contributed by atoms with Crippen molar-refractivity contribution in [3.05, 3.63) is 112 Å². The minimum absolute atomic E-state index is 0.0812. The van der Waals surface area contributed by atoms with Crippen LogP contribution >= 0.6 is 0 Å². The molecule has 2 fully saturated rings. The van der Waals surface area contributed by atoms with Crippen molar-refractivity contribution in [2.45, 2.75) is 56.5 Å². The maximum Gasteiger partial charge on any atom is 0.255 e. The Hall–Kier alpha value is -5.62. The molecular formula is C44H47FN4O7. The molecule has 2 N–H and O–H groups in total. The summed E-state index contributed by atoms with van der Waals surface area (Å²) < 4.78 is 31.8. The molecule has 2 unspecified atom stereocenters. The number of hydrogen-bond donors (Lipinski definition) is 2. The first-order chi connectivity index (χ1) is 27.2. The molecule has 292 valence electrons. The number of piperidine rings is 1. The van der Waals surface area contributed by atoms with Gasteiger partial charge in [0.15, 0.2) is 11.6 Å². The molecule has 3 atom stereocenters. The summed E-state index contributed by atoms with van der Waals surface area (Å²) in [5.74, 6) is 0.383. The van der Waals surface area contributed by atoms with Gasteiger partial charge in [-0.25, -0.2) is 4.39 Å². The van der Waals surface area contributed by atoms with Crippen LogP contribution < -0.4 is 24.4 Å². The number of carbonyl (C=O) groups excluding carboxylic acids is 3. The van der Waals surface area contributed by atoms with Gasteiger partial charge in [0.25, 0.3) is 5.91 Å². The normalized spacial score (nSPS) is 21.0. The lowest BCUT2D eigenvalue weighted by Gasteiger charge is -2.36. The predicted molar refractivity (Wildman–Crippen MR) is 208 cm³/mol. The van der Waals surface area contributed by atoms with Crippen LogP contribution in [0, 0.1) is 5.82 Å². The number of piperazine rings is 1. The van der Waals surface area contributed by atoms with Crippen LogP contribution in [-0.4, -0.2) is 91.7 Å². The van der Waals surface area contributed by atoms with E-state index in [9.17, 15) is 23.9 Å². The van der Waals surface area contributed by atoms with Crippen LogP contribution in [0.15, 0.2) is 78.9 Å². The topological polar surface area (TPSA) is 121 Å². The average Bonchev–Trinajstić information content (AvgIpc) is 3.54. The number of halogens is 1. The molecule has 11 nitrogen and oxygen atoms in total. The van der Waals surface area contributed by atoms with Gasteiger partial charge in [-0.2, -0.15) is 0 Å². The number of benzene rings is 4. The molecule has 0 aromatic heterocycles. The van der Waals surface area contributed by atoms with Gasteiger partial charge in [0.2, 0.25) is 11.8 Å². The number of imide groups is 1. The molecule has 4 aromatic carbocycles. The van der Waals surface area contributed by atoms with Crippen LogP contribution in [0.4, 0.5) is 10.1 Å². The Morgan fingerprint density at radius 1 is 0.893 bits per heavy atom. The molecule has 0 bridgehead atoms. The van der Waals surface area contributed by atoms with Gasteiger partial charge in [-0.3, -0.25) is 24.6 Å². The Balaban J connectivity index is 0.788. The monoisotopic (exact) mass is 762 g/mol. The van der Waals surface area contributed by atoms with E-state index in [1.54, 1.807) is 29.2 Å². The third-order valence-electron chi connectivity index (χ3n) is 11.6. The summed E-state index contributed by atoms with van der Waals surface area (Å²) in [6.45, 7) is 6.17. The van der Waals surface area contributed by atoms with Gasteiger partial charge >= 0.3 is 0 Å². The molecule has 3 amide bonds. The van der Waals surface area contributed by atoms with E-state index in [4.69, 9.17) is 14.2 Å². The highest BCUT2D eigenvalue weighted by Gasteiger charge is 2.39. The molecule has 0 aliphatic carbocycles. The highest BCUT2D eigenvalue weighted by atomic mass is 19.1. The van der Waals surface area contributed by atoms with Crippen molar-refractivity contribution < 1.29 is 38.1 Å². The summed E-state index contributed by atoms with van der Waals surface area (Å²) in [5.41, 5.74) is 5.61. The maximum atomic E-state index is 14.3. The van der Waals surface area contributed by atoms with Gasteiger partial charge in [-0.1, -0.05) is 24.3 Å². The average molecular weight is 763 g/mol. The van der Waals surface area contributed by atoms with Gasteiger partial charge in [-0.05, 0) is 97.4 Å². The highest BCUT2D eigenvalue weighted by Crippen LogP contribution is 2.47. The molecule has 12 heteroatoms. The summed E-state index contributed by atoms with van der Waals surface area (Å²) in [4.78, 5) is 43.6. The number of phenolic OH excluding ortho intramolecular Hbond substituents is 1. The first kappa shape index (κ1) is 37.3. The number of aromatic hydroxyl groups is 1. The number of methoxy groups -OCH3 is 1. The fourth-order valence-corrected chi connectivity index (χ4v) is 8.57. The number of hydrogen-bond acceptors (Lipinski definition) is 9. The van der Waals surface area contributed by atoms with E-state index in [0.29, 0.717) is 37.5 Å². The number of nitrogens with one attached hydrogen (secondary N) is 1. The van der Waals surface area contributed by atoms with Crippen molar-refractivity contribution >= 4 is 23.4 Å². The first-order valence-electron chi connectivity index (χ1n) is 19.5. The zero-order chi connectivity index (χ0) is 38.8. The van der Waals surface area contributed by atoms with Crippen molar-refractivity contribution in [1.82, 2.24) is 15.1 Å². The molecule has 0 radical (unpaired) electrons. The first-order valence-corrected chi connectivity index (χ1v) is 19.5. The van der Waals surface area contributed by atoms with Gasteiger partial charge in [0.1, 0.15) is 23.3 Å². The lowest BCUT2D eigenvalue weighted by atomic mass is 9.76. The molecule has 4 aromatic rings. The third-order valence-corrected chi connectivity index (χ3v) is 11.6. The third kappa shape index (κ3) is 7.75. The van der Waals surface area contributed by atoms with E-state index < -0.39 is 11.9 Å². The van der Waals surface area contributed by atoms with Crippen LogP contribution in [0.3, 0.4) is 0 Å². The van der Waals surface area contributed by atoms with E-state index in [0.717, 1.165) is 85.7 Å². The summed E-state index contributed by atoms with van der Waals surface area (Å²) in [6.07, 6.45) is 3.72. The Bertz CT molecular complexity index is 2100. The highest BCUT2D eigenvalue weighted by molar-refractivity contribution is 6.05. The lowest BCUT2D eigenvalue weighted by Crippen LogP contribution is -2.52. The van der Waals surface area contributed by atoms with Gasteiger partial charge in [-0.15, -0.1) is 0 Å².